The zero-order chi connectivity index (χ0) is 49.8. The van der Waals surface area contributed by atoms with Crippen LogP contribution in [0.25, 0.3) is 106 Å². The highest BCUT2D eigenvalue weighted by Gasteiger charge is 2.22. The van der Waals surface area contributed by atoms with Crippen molar-refractivity contribution in [1.29, 1.82) is 0 Å². The molecule has 0 saturated heterocycles. The van der Waals surface area contributed by atoms with Crippen LogP contribution in [-0.4, -0.2) is 9.13 Å². The van der Waals surface area contributed by atoms with E-state index in [1.807, 2.05) is 22.7 Å². The van der Waals surface area contributed by atoms with E-state index in [9.17, 15) is 0 Å². The first-order valence-electron chi connectivity index (χ1n) is 25.8. The van der Waals surface area contributed by atoms with Crippen molar-refractivity contribution in [2.75, 3.05) is 9.80 Å². The van der Waals surface area contributed by atoms with Gasteiger partial charge in [-0.15, -0.1) is 22.7 Å². The molecule has 0 aliphatic rings. The maximum Gasteiger partial charge on any atom is 0.0561 e. The summed E-state index contributed by atoms with van der Waals surface area (Å²) >= 11 is 3.80. The molecular weight excluding hydrogens is 961 g/mol. The predicted octanol–water partition coefficient (Wildman–Crippen LogP) is 20.7. The Balaban J connectivity index is 0.816. The van der Waals surface area contributed by atoms with Gasteiger partial charge < -0.3 is 18.9 Å². The number of hydrogen-bond acceptors (Lipinski definition) is 4. The smallest absolute Gasteiger partial charge is 0.0561 e. The summed E-state index contributed by atoms with van der Waals surface area (Å²) in [6.45, 7) is 0. The molecule has 356 valence electrons. The molecule has 4 aromatic heterocycles. The molecule has 0 fully saturated rings. The van der Waals surface area contributed by atoms with Gasteiger partial charge in [0.15, 0.2) is 0 Å². The molecule has 16 aromatic rings. The van der Waals surface area contributed by atoms with Gasteiger partial charge in [-0.05, 0) is 109 Å². The standard InChI is InChI=1S/C70H44N4S2/c1-5-17-45(18-6-1)71(49-29-33-55-53-25-13-15-27-63(53)73(65(55)41-49)47-21-9-3-10-22-47)51-31-35-57-59-37-39-62-61(69(59)75-67(57)43-51)40-38-60-58-36-32-52(44-68(58)76-70(60)62)72(46-19-7-2-8-20-46)50-30-34-56-54-26-14-16-28-64(54)74(66(56)42-50)48-23-11-4-12-24-48/h1-44H. The first-order chi connectivity index (χ1) is 37.7. The van der Waals surface area contributed by atoms with Crippen molar-refractivity contribution in [1.82, 2.24) is 9.13 Å². The minimum atomic E-state index is 1.11. The SMILES string of the molecule is c1ccc(N(c2ccc3c(c2)sc2c3ccc3c2ccc2c4ccc(N(c5ccccc5)c5ccc6c7ccccc7n(-c7ccccc7)c6c5)cc4sc23)c2ccc3c4ccccc4n(-c4ccccc4)c3c2)cc1. The van der Waals surface area contributed by atoms with Gasteiger partial charge in [-0.1, -0.05) is 158 Å². The van der Waals surface area contributed by atoms with E-state index < -0.39 is 0 Å². The van der Waals surface area contributed by atoms with Crippen LogP contribution in [0, 0.1) is 0 Å². The molecule has 4 heterocycles. The largest absolute Gasteiger partial charge is 0.310 e. The Labute approximate surface area is 446 Å². The molecule has 4 nitrogen and oxygen atoms in total. The molecule has 0 saturated carbocycles. The molecule has 6 heteroatoms. The quantitative estimate of drug-likeness (QED) is 0.151. The van der Waals surface area contributed by atoms with Gasteiger partial charge in [0.2, 0.25) is 0 Å². The van der Waals surface area contributed by atoms with E-state index in [-0.39, 0.29) is 0 Å². The molecule has 0 unspecified atom stereocenters. The van der Waals surface area contributed by atoms with Crippen LogP contribution in [0.5, 0.6) is 0 Å². The van der Waals surface area contributed by atoms with Gasteiger partial charge in [-0.25, -0.2) is 0 Å². The third-order valence-electron chi connectivity index (χ3n) is 15.4. The molecule has 0 aliphatic carbocycles. The first kappa shape index (κ1) is 43.0. The van der Waals surface area contributed by atoms with Crippen molar-refractivity contribution < 1.29 is 0 Å². The number of anilines is 6. The van der Waals surface area contributed by atoms with Crippen LogP contribution < -0.4 is 9.80 Å². The molecule has 16 rings (SSSR count). The summed E-state index contributed by atoms with van der Waals surface area (Å²) in [5.74, 6) is 0. The van der Waals surface area contributed by atoms with Crippen molar-refractivity contribution in [2.24, 2.45) is 0 Å². The maximum atomic E-state index is 2.41. The van der Waals surface area contributed by atoms with Gasteiger partial charge in [0.05, 0.1) is 22.1 Å². The second kappa shape index (κ2) is 17.0. The number of fused-ring (bicyclic) bond motifs is 15. The summed E-state index contributed by atoms with van der Waals surface area (Å²) in [5.41, 5.74) is 13.8. The van der Waals surface area contributed by atoms with E-state index in [0.29, 0.717) is 0 Å². The number of rotatable bonds is 8. The fourth-order valence-electron chi connectivity index (χ4n) is 12.1. The molecule has 0 aliphatic heterocycles. The van der Waals surface area contributed by atoms with Crippen molar-refractivity contribution >= 4 is 152 Å². The Bertz CT molecular complexity index is 4620. The fourth-order valence-corrected chi connectivity index (χ4v) is 14.6. The topological polar surface area (TPSA) is 16.3 Å². The summed E-state index contributed by atoms with van der Waals surface area (Å²) in [7, 11) is 0. The highest BCUT2D eigenvalue weighted by atomic mass is 32.1. The molecule has 0 spiro atoms. The van der Waals surface area contributed by atoms with E-state index in [1.54, 1.807) is 0 Å². The molecular formula is C70H44N4S2. The summed E-state index contributed by atoms with van der Waals surface area (Å²) < 4.78 is 9.98. The Kier molecular flexibility index (Phi) is 9.64. The number of aromatic nitrogens is 2. The van der Waals surface area contributed by atoms with Crippen LogP contribution in [0.4, 0.5) is 34.1 Å². The van der Waals surface area contributed by atoms with E-state index in [0.717, 1.165) is 45.5 Å². The monoisotopic (exact) mass is 1000 g/mol. The van der Waals surface area contributed by atoms with Crippen molar-refractivity contribution in [2.45, 2.75) is 0 Å². The third kappa shape index (κ3) is 6.61. The van der Waals surface area contributed by atoms with E-state index in [4.69, 9.17) is 0 Å². The minimum Gasteiger partial charge on any atom is -0.310 e. The average molecular weight is 1010 g/mol. The summed E-state index contributed by atoms with van der Waals surface area (Å²) in [5, 5.41) is 12.7. The van der Waals surface area contributed by atoms with E-state index >= 15 is 0 Å². The lowest BCUT2D eigenvalue weighted by atomic mass is 10.0. The lowest BCUT2D eigenvalue weighted by Gasteiger charge is -2.26. The van der Waals surface area contributed by atoms with Gasteiger partial charge in [-0.3, -0.25) is 0 Å². The number of nitrogens with zero attached hydrogens (tertiary/aromatic N) is 4. The number of para-hydroxylation sites is 6. The van der Waals surface area contributed by atoms with Gasteiger partial charge in [-0.2, -0.15) is 0 Å². The second-order valence-corrected chi connectivity index (χ2v) is 21.8. The number of benzene rings is 12. The van der Waals surface area contributed by atoms with Crippen LogP contribution >= 0.6 is 22.7 Å². The Morgan fingerprint density at radius 3 is 0.934 bits per heavy atom. The summed E-state index contributed by atoms with van der Waals surface area (Å²) in [6.07, 6.45) is 0. The van der Waals surface area contributed by atoms with Crippen LogP contribution in [0.2, 0.25) is 0 Å². The van der Waals surface area contributed by atoms with Crippen molar-refractivity contribution in [3.05, 3.63) is 267 Å². The number of hydrogen-bond donors (Lipinski definition) is 0. The Morgan fingerprint density at radius 2 is 0.526 bits per heavy atom. The molecule has 76 heavy (non-hydrogen) atoms. The Morgan fingerprint density at radius 1 is 0.224 bits per heavy atom. The predicted molar refractivity (Wildman–Crippen MR) is 328 cm³/mol. The average Bonchev–Trinajstić information content (AvgIpc) is 4.28. The zero-order valence-electron chi connectivity index (χ0n) is 41.0. The van der Waals surface area contributed by atoms with Crippen LogP contribution in [0.15, 0.2) is 267 Å². The fraction of sp³-hybridized carbons (Fsp3) is 0. The first-order valence-corrected chi connectivity index (χ1v) is 27.5. The van der Waals surface area contributed by atoms with Crippen LogP contribution in [0.1, 0.15) is 0 Å². The molecule has 0 atom stereocenters. The van der Waals surface area contributed by atoms with Crippen molar-refractivity contribution in [3.63, 3.8) is 0 Å². The molecule has 0 N–H and O–H groups in total. The highest BCUT2D eigenvalue weighted by Crippen LogP contribution is 2.48. The van der Waals surface area contributed by atoms with Gasteiger partial charge >= 0.3 is 0 Å². The van der Waals surface area contributed by atoms with Gasteiger partial charge in [0, 0.05) is 118 Å². The third-order valence-corrected chi connectivity index (χ3v) is 17.8. The summed E-state index contributed by atoms with van der Waals surface area (Å²) in [4.78, 5) is 4.82. The lowest BCUT2D eigenvalue weighted by molar-refractivity contribution is 1.18. The molecule has 12 aromatic carbocycles. The minimum absolute atomic E-state index is 1.11. The van der Waals surface area contributed by atoms with Crippen LogP contribution in [-0.2, 0) is 0 Å². The zero-order valence-corrected chi connectivity index (χ0v) is 42.6. The molecule has 0 bridgehead atoms. The van der Waals surface area contributed by atoms with Gasteiger partial charge in [0.1, 0.15) is 0 Å². The Hall–Kier alpha value is -9.46. The molecule has 0 radical (unpaired) electrons. The number of thiophene rings is 2. The van der Waals surface area contributed by atoms with E-state index in [2.05, 4.69) is 286 Å². The van der Waals surface area contributed by atoms with Gasteiger partial charge in [0.25, 0.3) is 0 Å². The maximum absolute atomic E-state index is 2.41. The van der Waals surface area contributed by atoms with E-state index in [1.165, 1.54) is 94.7 Å². The normalized spacial score (nSPS) is 11.9. The van der Waals surface area contributed by atoms with Crippen molar-refractivity contribution in [3.8, 4) is 11.4 Å². The van der Waals surface area contributed by atoms with Crippen LogP contribution in [0.3, 0.4) is 0 Å². The highest BCUT2D eigenvalue weighted by molar-refractivity contribution is 7.28. The molecule has 0 amide bonds. The second-order valence-electron chi connectivity index (χ2n) is 19.7. The lowest BCUT2D eigenvalue weighted by Crippen LogP contribution is -2.09. The summed E-state index contributed by atoms with van der Waals surface area (Å²) in [6, 6.07) is 97.9.